The lowest BCUT2D eigenvalue weighted by atomic mass is 10.3. The van der Waals surface area contributed by atoms with E-state index in [9.17, 15) is 0 Å². The van der Waals surface area contributed by atoms with Gasteiger partial charge in [0.2, 0.25) is 0 Å². The largest absolute Gasteiger partial charge is 0.325 e. The molecular weight excluding hydrogens is 327 g/mol. The van der Waals surface area contributed by atoms with Crippen LogP contribution in [0, 0.1) is 6.92 Å². The van der Waals surface area contributed by atoms with Gasteiger partial charge < -0.3 is 5.32 Å². The molecule has 0 aliphatic heterocycles. The summed E-state index contributed by atoms with van der Waals surface area (Å²) in [6, 6.07) is 11.6. The van der Waals surface area contributed by atoms with E-state index >= 15 is 0 Å². The van der Waals surface area contributed by atoms with E-state index in [2.05, 4.69) is 20.3 Å². The molecule has 0 radical (unpaired) electrons. The van der Waals surface area contributed by atoms with Crippen molar-refractivity contribution < 1.29 is 0 Å². The van der Waals surface area contributed by atoms with Crippen molar-refractivity contribution in [3.63, 3.8) is 0 Å². The van der Waals surface area contributed by atoms with E-state index in [1.807, 2.05) is 49.5 Å². The maximum Gasteiger partial charge on any atom is 0.142 e. The fourth-order valence-electron chi connectivity index (χ4n) is 1.66. The molecule has 3 aromatic rings. The Kier molecular flexibility index (Phi) is 6.55. The van der Waals surface area contributed by atoms with Gasteiger partial charge >= 0.3 is 0 Å². The topological polar surface area (TPSA) is 50.7 Å². The fourth-order valence-corrected chi connectivity index (χ4v) is 2.40. The van der Waals surface area contributed by atoms with Crippen molar-refractivity contribution >= 4 is 47.8 Å². The molecule has 0 amide bonds. The van der Waals surface area contributed by atoms with Gasteiger partial charge in [-0.05, 0) is 31.2 Å². The van der Waals surface area contributed by atoms with E-state index in [1.54, 1.807) is 17.5 Å². The summed E-state index contributed by atoms with van der Waals surface area (Å²) in [6.45, 7) is 2.04. The van der Waals surface area contributed by atoms with Crippen LogP contribution in [0.2, 0.25) is 0 Å². The second-order valence-corrected chi connectivity index (χ2v) is 5.26. The zero-order valence-electron chi connectivity index (χ0n) is 11.2. The molecule has 0 aromatic carbocycles. The summed E-state index contributed by atoms with van der Waals surface area (Å²) in [5.74, 6) is 1.55. The van der Waals surface area contributed by atoms with Crippen LogP contribution in [0.5, 0.6) is 0 Å². The molecule has 4 nitrogen and oxygen atoms in total. The van der Waals surface area contributed by atoms with E-state index in [-0.39, 0.29) is 24.8 Å². The van der Waals surface area contributed by atoms with Gasteiger partial charge in [-0.25, -0.2) is 15.0 Å². The van der Waals surface area contributed by atoms with Crippen molar-refractivity contribution in [2.45, 2.75) is 6.92 Å². The zero-order valence-corrected chi connectivity index (χ0v) is 13.6. The Hall–Kier alpha value is -1.69. The summed E-state index contributed by atoms with van der Waals surface area (Å²) in [4.78, 5) is 14.3. The molecule has 0 bridgehead atoms. The van der Waals surface area contributed by atoms with E-state index < -0.39 is 0 Å². The number of rotatable bonds is 3. The highest BCUT2D eigenvalue weighted by Crippen LogP contribution is 2.24. The van der Waals surface area contributed by atoms with Crippen LogP contribution < -0.4 is 5.32 Å². The van der Waals surface area contributed by atoms with Gasteiger partial charge in [0.1, 0.15) is 22.3 Å². The van der Waals surface area contributed by atoms with Crippen LogP contribution in [-0.2, 0) is 0 Å². The molecule has 0 spiro atoms. The Balaban J connectivity index is 0.00000110. The summed E-state index contributed by atoms with van der Waals surface area (Å²) in [7, 11) is 0. The van der Waals surface area contributed by atoms with Crippen molar-refractivity contribution in [3.05, 3.63) is 53.7 Å². The number of nitrogens with one attached hydrogen (secondary N) is 1. The minimum Gasteiger partial charge on any atom is -0.325 e. The van der Waals surface area contributed by atoms with Gasteiger partial charge in [0, 0.05) is 17.3 Å². The highest BCUT2D eigenvalue weighted by Gasteiger charge is 2.05. The van der Waals surface area contributed by atoms with Gasteiger partial charge in [-0.15, -0.1) is 36.2 Å². The van der Waals surface area contributed by atoms with Crippen LogP contribution in [0.25, 0.3) is 10.7 Å². The highest BCUT2D eigenvalue weighted by molar-refractivity contribution is 7.14. The molecule has 0 aliphatic carbocycles. The normalized spacial score (nSPS) is 9.38. The highest BCUT2D eigenvalue weighted by atomic mass is 35.5. The van der Waals surface area contributed by atoms with Gasteiger partial charge in [-0.2, -0.15) is 0 Å². The molecule has 21 heavy (non-hydrogen) atoms. The zero-order chi connectivity index (χ0) is 13.1. The maximum atomic E-state index is 4.55. The third-order valence-electron chi connectivity index (χ3n) is 2.51. The molecule has 3 aromatic heterocycles. The van der Waals surface area contributed by atoms with Gasteiger partial charge in [0.25, 0.3) is 0 Å². The first-order valence-electron chi connectivity index (χ1n) is 5.89. The first kappa shape index (κ1) is 17.4. The molecule has 0 saturated carbocycles. The second-order valence-electron chi connectivity index (χ2n) is 4.02. The van der Waals surface area contributed by atoms with E-state index in [4.69, 9.17) is 0 Å². The third kappa shape index (κ3) is 4.39. The van der Waals surface area contributed by atoms with E-state index in [0.717, 1.165) is 22.3 Å². The first-order chi connectivity index (χ1) is 9.31. The summed E-state index contributed by atoms with van der Waals surface area (Å²) >= 11 is 1.64. The lowest BCUT2D eigenvalue weighted by molar-refractivity contribution is 1.24. The monoisotopic (exact) mass is 340 g/mol. The van der Waals surface area contributed by atoms with Crippen LogP contribution in [0.4, 0.5) is 11.6 Å². The van der Waals surface area contributed by atoms with Gasteiger partial charge in [-0.1, -0.05) is 12.1 Å². The Labute approximate surface area is 139 Å². The van der Waals surface area contributed by atoms with Crippen LogP contribution in [0.15, 0.2) is 48.8 Å². The molecule has 0 saturated heterocycles. The van der Waals surface area contributed by atoms with Gasteiger partial charge in [-0.3, -0.25) is 0 Å². The first-order valence-corrected chi connectivity index (χ1v) is 6.71. The number of pyridine rings is 2. The summed E-state index contributed by atoms with van der Waals surface area (Å²) in [5.41, 5.74) is 0.874. The Morgan fingerprint density at radius 1 is 0.952 bits per heavy atom. The molecule has 7 heteroatoms. The molecule has 0 atom stereocenters. The fraction of sp³-hybridized carbons (Fsp3) is 0.0714. The summed E-state index contributed by atoms with van der Waals surface area (Å²) in [6.07, 6.45) is 3.61. The van der Waals surface area contributed by atoms with Crippen molar-refractivity contribution in [1.29, 1.82) is 0 Å². The average Bonchev–Trinajstić information content (AvgIpc) is 2.87. The molecule has 3 rings (SSSR count). The lowest BCUT2D eigenvalue weighted by Crippen LogP contribution is -1.96. The Bertz CT molecular complexity index is 688. The molecule has 3 heterocycles. The second kappa shape index (κ2) is 7.93. The average molecular weight is 341 g/mol. The van der Waals surface area contributed by atoms with E-state index in [0.29, 0.717) is 0 Å². The maximum absolute atomic E-state index is 4.55. The predicted octanol–water partition coefficient (Wildman–Crippen LogP) is 4.50. The smallest absolute Gasteiger partial charge is 0.142 e. The van der Waals surface area contributed by atoms with Crippen LogP contribution in [-0.4, -0.2) is 15.0 Å². The molecule has 110 valence electrons. The number of hydrogen-bond acceptors (Lipinski definition) is 5. The third-order valence-corrected chi connectivity index (χ3v) is 3.45. The number of anilines is 2. The van der Waals surface area contributed by atoms with Crippen LogP contribution >= 0.6 is 36.2 Å². The summed E-state index contributed by atoms with van der Waals surface area (Å²) < 4.78 is 0. The van der Waals surface area contributed by atoms with Crippen LogP contribution in [0.1, 0.15) is 4.88 Å². The van der Waals surface area contributed by atoms with Crippen molar-refractivity contribution in [3.8, 4) is 10.7 Å². The van der Waals surface area contributed by atoms with E-state index in [1.165, 1.54) is 4.88 Å². The van der Waals surface area contributed by atoms with Gasteiger partial charge in [0.15, 0.2) is 0 Å². The quantitative estimate of drug-likeness (QED) is 0.762. The Morgan fingerprint density at radius 2 is 1.76 bits per heavy atom. The minimum absolute atomic E-state index is 0. The Morgan fingerprint density at radius 3 is 2.43 bits per heavy atom. The summed E-state index contributed by atoms with van der Waals surface area (Å²) in [5, 5.41) is 4.11. The standard InChI is InChI=1S/C14H12N4S.2ClH/c1-10-9-16-14(19-10)11-5-4-7-13(17-11)18-12-6-2-3-8-15-12;;/h2-9H,1H3,(H,15,17,18);2*1H. The number of aromatic nitrogens is 3. The van der Waals surface area contributed by atoms with Crippen molar-refractivity contribution in [2.24, 2.45) is 0 Å². The molecule has 0 unspecified atom stereocenters. The molecule has 0 aliphatic rings. The lowest BCUT2D eigenvalue weighted by Gasteiger charge is -2.05. The SMILES string of the molecule is Cc1cnc(-c2cccc(Nc3ccccn3)n2)s1.Cl.Cl. The van der Waals surface area contributed by atoms with Crippen molar-refractivity contribution in [2.75, 3.05) is 5.32 Å². The number of thiazole rings is 1. The minimum atomic E-state index is 0. The predicted molar refractivity (Wildman–Crippen MR) is 92.1 cm³/mol. The van der Waals surface area contributed by atoms with Crippen molar-refractivity contribution in [1.82, 2.24) is 15.0 Å². The number of nitrogens with zero attached hydrogens (tertiary/aromatic N) is 3. The number of halogens is 2. The number of hydrogen-bond donors (Lipinski definition) is 1. The van der Waals surface area contributed by atoms with Gasteiger partial charge in [0.05, 0.1) is 0 Å². The molecular formula is C14H14Cl2N4S. The molecule has 0 fully saturated rings. The molecule has 1 N–H and O–H groups in total. The number of aryl methyl sites for hydroxylation is 1. The van der Waals surface area contributed by atoms with Crippen LogP contribution in [0.3, 0.4) is 0 Å².